The predicted octanol–water partition coefficient (Wildman–Crippen LogP) is 3.20. The number of para-hydroxylation sites is 1. The molecule has 138 valence electrons. The van der Waals surface area contributed by atoms with Crippen LogP contribution in [-0.2, 0) is 21.0 Å². The molecule has 0 aliphatic heterocycles. The zero-order valence-corrected chi connectivity index (χ0v) is 15.2. The number of hydrogen-bond acceptors (Lipinski definition) is 5. The van der Waals surface area contributed by atoms with Gasteiger partial charge in [0.25, 0.3) is 0 Å². The van der Waals surface area contributed by atoms with Gasteiger partial charge < -0.3 is 4.74 Å². The fraction of sp³-hybridized carbons (Fsp3) is 0.105. The van der Waals surface area contributed by atoms with Crippen molar-refractivity contribution in [1.29, 1.82) is 0 Å². The van der Waals surface area contributed by atoms with Gasteiger partial charge in [-0.3, -0.25) is 14.4 Å². The quantitative estimate of drug-likeness (QED) is 0.355. The van der Waals surface area contributed by atoms with E-state index in [1.807, 2.05) is 12.1 Å². The molecule has 7 nitrogen and oxygen atoms in total. The third kappa shape index (κ3) is 4.33. The number of benzene rings is 2. The van der Waals surface area contributed by atoms with Gasteiger partial charge in [0.05, 0.1) is 18.5 Å². The minimum atomic E-state index is -0.808. The summed E-state index contributed by atoms with van der Waals surface area (Å²) in [7, 11) is 1.31. The summed E-state index contributed by atoms with van der Waals surface area (Å²) in [5.41, 5.74) is 1.93. The van der Waals surface area contributed by atoms with Crippen LogP contribution in [0.3, 0.4) is 0 Å². The van der Waals surface area contributed by atoms with Crippen LogP contribution in [-0.4, -0.2) is 29.1 Å². The topological polar surface area (TPSA) is 73.7 Å². The van der Waals surface area contributed by atoms with E-state index >= 15 is 0 Å². The minimum Gasteiger partial charge on any atom is -0.472 e. The number of hydroxylamine groups is 1. The highest BCUT2D eigenvalue weighted by molar-refractivity contribution is 6.30. The molecule has 1 amide bonds. The second-order valence-electron chi connectivity index (χ2n) is 5.43. The summed E-state index contributed by atoms with van der Waals surface area (Å²) < 4.78 is 7.39. The van der Waals surface area contributed by atoms with Gasteiger partial charge in [-0.2, -0.15) is 5.06 Å². The molecule has 0 fully saturated rings. The van der Waals surface area contributed by atoms with E-state index in [0.29, 0.717) is 22.2 Å². The first-order chi connectivity index (χ1) is 13.1. The molecule has 3 rings (SSSR count). The summed E-state index contributed by atoms with van der Waals surface area (Å²) in [5, 5.41) is 5.91. The number of halogens is 1. The van der Waals surface area contributed by atoms with E-state index in [0.717, 1.165) is 10.8 Å². The Labute approximate surface area is 160 Å². The van der Waals surface area contributed by atoms with E-state index < -0.39 is 5.91 Å². The van der Waals surface area contributed by atoms with E-state index in [-0.39, 0.29) is 12.9 Å². The molecule has 0 spiro atoms. The van der Waals surface area contributed by atoms with Gasteiger partial charge in [-0.05, 0) is 30.3 Å². The fourth-order valence-electron chi connectivity index (χ4n) is 2.46. The van der Waals surface area contributed by atoms with Crippen LogP contribution in [0.5, 0.6) is 5.88 Å². The molecule has 3 aromatic rings. The number of anilines is 1. The van der Waals surface area contributed by atoms with Crippen molar-refractivity contribution in [1.82, 2.24) is 9.78 Å². The zero-order valence-electron chi connectivity index (χ0n) is 14.4. The van der Waals surface area contributed by atoms with Gasteiger partial charge in [0.1, 0.15) is 6.61 Å². The molecule has 0 aliphatic rings. The molecule has 1 heterocycles. The maximum absolute atomic E-state index is 11.7. The summed E-state index contributed by atoms with van der Waals surface area (Å²) in [5.74, 6) is -0.401. The summed E-state index contributed by atoms with van der Waals surface area (Å²) >= 11 is 5.89. The Morgan fingerprint density at radius 3 is 2.63 bits per heavy atom. The van der Waals surface area contributed by atoms with Crippen LogP contribution in [0.4, 0.5) is 5.69 Å². The Balaban J connectivity index is 1.75. The summed E-state index contributed by atoms with van der Waals surface area (Å²) in [6.45, 7) is 0.139. The molecule has 8 heteroatoms. The van der Waals surface area contributed by atoms with Gasteiger partial charge in [-0.15, -0.1) is 5.10 Å². The number of hydrogen-bond donors (Lipinski definition) is 0. The fourth-order valence-corrected chi connectivity index (χ4v) is 2.59. The highest BCUT2D eigenvalue weighted by Crippen LogP contribution is 2.23. The molecule has 0 unspecified atom stereocenters. The van der Waals surface area contributed by atoms with E-state index in [2.05, 4.69) is 5.10 Å². The van der Waals surface area contributed by atoms with E-state index in [1.54, 1.807) is 53.3 Å². The van der Waals surface area contributed by atoms with Gasteiger partial charge in [-0.25, -0.2) is 4.68 Å². The maximum Gasteiger partial charge on any atom is 0.314 e. The molecule has 0 bridgehead atoms. The first-order valence-corrected chi connectivity index (χ1v) is 8.36. The number of carbonyl (C=O) groups is 2. The van der Waals surface area contributed by atoms with Crippen molar-refractivity contribution in [2.24, 2.45) is 0 Å². The number of carbonyl (C=O) groups excluding carboxylic acids is 2. The molecular formula is C19H16ClN3O4. The Kier molecular flexibility index (Phi) is 5.85. The monoisotopic (exact) mass is 385 g/mol. The Morgan fingerprint density at radius 1 is 1.19 bits per heavy atom. The first-order valence-electron chi connectivity index (χ1n) is 7.98. The van der Waals surface area contributed by atoms with E-state index in [1.165, 1.54) is 7.11 Å². The number of aldehydes is 1. The van der Waals surface area contributed by atoms with Crippen LogP contribution in [0.15, 0.2) is 60.8 Å². The third-order valence-corrected chi connectivity index (χ3v) is 3.98. The SMILES string of the molecule is CON(C(=O)C=O)c1ccccc1COc1ccn(-c2ccc(Cl)cc2)n1. The molecule has 0 saturated heterocycles. The average Bonchev–Trinajstić information content (AvgIpc) is 3.17. The molecule has 0 saturated carbocycles. The van der Waals surface area contributed by atoms with Crippen LogP contribution in [0.2, 0.25) is 5.02 Å². The third-order valence-electron chi connectivity index (χ3n) is 3.73. The smallest absolute Gasteiger partial charge is 0.314 e. The first kappa shape index (κ1) is 18.6. The normalized spacial score (nSPS) is 10.4. The van der Waals surface area contributed by atoms with Gasteiger partial charge in [0.15, 0.2) is 0 Å². The van der Waals surface area contributed by atoms with E-state index in [4.69, 9.17) is 21.2 Å². The molecule has 0 radical (unpaired) electrons. The second kappa shape index (κ2) is 8.48. The molecule has 0 atom stereocenters. The van der Waals surface area contributed by atoms with Crippen LogP contribution in [0.1, 0.15) is 5.56 Å². The molecule has 0 N–H and O–H groups in total. The Hall–Kier alpha value is -3.16. The zero-order chi connectivity index (χ0) is 19.2. The number of ether oxygens (including phenoxy) is 1. The van der Waals surface area contributed by atoms with Crippen LogP contribution < -0.4 is 9.80 Å². The van der Waals surface area contributed by atoms with Crippen molar-refractivity contribution < 1.29 is 19.2 Å². The van der Waals surface area contributed by atoms with Crippen molar-refractivity contribution in [2.75, 3.05) is 12.2 Å². The lowest BCUT2D eigenvalue weighted by Crippen LogP contribution is -2.31. The van der Waals surface area contributed by atoms with Crippen LogP contribution in [0.25, 0.3) is 5.69 Å². The molecule has 2 aromatic carbocycles. The number of rotatable bonds is 7. The van der Waals surface area contributed by atoms with E-state index in [9.17, 15) is 9.59 Å². The lowest BCUT2D eigenvalue weighted by atomic mass is 10.2. The van der Waals surface area contributed by atoms with Gasteiger partial charge in [0.2, 0.25) is 12.2 Å². The standard InChI is InChI=1S/C19H16ClN3O4/c1-26-23(19(25)12-24)17-5-3-2-4-14(17)13-27-18-10-11-22(21-18)16-8-6-15(20)7-9-16/h2-12H,13H2,1H3. The van der Waals surface area contributed by atoms with Crippen molar-refractivity contribution >= 4 is 29.5 Å². The molecule has 1 aromatic heterocycles. The van der Waals surface area contributed by atoms with Crippen molar-refractivity contribution in [3.8, 4) is 11.6 Å². The van der Waals surface area contributed by atoms with Crippen molar-refractivity contribution in [3.63, 3.8) is 0 Å². The molecule has 27 heavy (non-hydrogen) atoms. The van der Waals surface area contributed by atoms with Gasteiger partial charge >= 0.3 is 5.91 Å². The number of nitrogens with zero attached hydrogens (tertiary/aromatic N) is 3. The Morgan fingerprint density at radius 2 is 1.93 bits per heavy atom. The highest BCUT2D eigenvalue weighted by atomic mass is 35.5. The van der Waals surface area contributed by atoms with Crippen molar-refractivity contribution in [3.05, 3.63) is 71.4 Å². The van der Waals surface area contributed by atoms with Crippen LogP contribution >= 0.6 is 11.6 Å². The van der Waals surface area contributed by atoms with Crippen molar-refractivity contribution in [2.45, 2.75) is 6.61 Å². The maximum atomic E-state index is 11.7. The van der Waals surface area contributed by atoms with Crippen LogP contribution in [0, 0.1) is 0 Å². The molecule has 0 aliphatic carbocycles. The second-order valence-corrected chi connectivity index (χ2v) is 5.86. The van der Waals surface area contributed by atoms with Gasteiger partial charge in [-0.1, -0.05) is 29.8 Å². The molecular weight excluding hydrogens is 370 g/mol. The highest BCUT2D eigenvalue weighted by Gasteiger charge is 2.18. The van der Waals surface area contributed by atoms with Gasteiger partial charge in [0, 0.05) is 22.8 Å². The minimum absolute atomic E-state index is 0.139. The lowest BCUT2D eigenvalue weighted by molar-refractivity contribution is -0.133. The lowest BCUT2D eigenvalue weighted by Gasteiger charge is -2.20. The Bertz CT molecular complexity index is 940. The average molecular weight is 386 g/mol. The predicted molar refractivity (Wildman–Crippen MR) is 99.9 cm³/mol. The summed E-state index contributed by atoms with van der Waals surface area (Å²) in [4.78, 5) is 27.5. The summed E-state index contributed by atoms with van der Waals surface area (Å²) in [6, 6.07) is 15.9. The number of aromatic nitrogens is 2. The summed E-state index contributed by atoms with van der Waals surface area (Å²) in [6.07, 6.45) is 1.96. The largest absolute Gasteiger partial charge is 0.472 e. The number of amides is 1.